The van der Waals surface area contributed by atoms with Gasteiger partial charge in [0.05, 0.1) is 6.07 Å². The van der Waals surface area contributed by atoms with Crippen molar-refractivity contribution >= 4 is 17.5 Å². The molecule has 0 aromatic heterocycles. The fraction of sp³-hybridized carbons (Fsp3) is 0.211. The molecule has 5 nitrogen and oxygen atoms in total. The zero-order valence-electron chi connectivity index (χ0n) is 13.6. The van der Waals surface area contributed by atoms with Gasteiger partial charge in [0.25, 0.3) is 0 Å². The number of anilines is 1. The van der Waals surface area contributed by atoms with Gasteiger partial charge in [0, 0.05) is 18.7 Å². The van der Waals surface area contributed by atoms with Crippen LogP contribution in [0.5, 0.6) is 0 Å². The van der Waals surface area contributed by atoms with Gasteiger partial charge in [0.2, 0.25) is 11.8 Å². The average Bonchev–Trinajstić information content (AvgIpc) is 2.60. The van der Waals surface area contributed by atoms with Crippen LogP contribution in [0.4, 0.5) is 10.1 Å². The third-order valence-corrected chi connectivity index (χ3v) is 3.56. The number of aryl methyl sites for hydroxylation is 1. The lowest BCUT2D eigenvalue weighted by Gasteiger charge is -2.11. The predicted molar refractivity (Wildman–Crippen MR) is 91.9 cm³/mol. The van der Waals surface area contributed by atoms with Crippen LogP contribution in [0.15, 0.2) is 48.5 Å². The molecule has 0 saturated heterocycles. The van der Waals surface area contributed by atoms with Gasteiger partial charge >= 0.3 is 0 Å². The van der Waals surface area contributed by atoms with Crippen molar-refractivity contribution in [2.24, 2.45) is 0 Å². The highest BCUT2D eigenvalue weighted by Gasteiger charge is 2.08. The number of carbonyl (C=O) groups excluding carboxylic acids is 2. The molecule has 0 radical (unpaired) electrons. The molecular formula is C19H18FN3O2. The van der Waals surface area contributed by atoms with Crippen molar-refractivity contribution in [2.45, 2.75) is 25.8 Å². The minimum absolute atomic E-state index is 0.137. The number of halogens is 1. The number of carbonyl (C=O) groups is 2. The van der Waals surface area contributed by atoms with Crippen LogP contribution in [-0.4, -0.2) is 11.8 Å². The van der Waals surface area contributed by atoms with Crippen LogP contribution in [-0.2, 0) is 22.6 Å². The summed E-state index contributed by atoms with van der Waals surface area (Å²) in [6, 6.07) is 14.9. The number of amides is 2. The Bertz CT molecular complexity index is 782. The summed E-state index contributed by atoms with van der Waals surface area (Å²) in [4.78, 5) is 23.5. The van der Waals surface area contributed by atoms with Crippen molar-refractivity contribution < 1.29 is 14.0 Å². The molecule has 0 heterocycles. The Morgan fingerprint density at radius 2 is 1.76 bits per heavy atom. The third-order valence-electron chi connectivity index (χ3n) is 3.56. The number of hydrogen-bond acceptors (Lipinski definition) is 3. The molecule has 0 aliphatic carbocycles. The van der Waals surface area contributed by atoms with Crippen molar-refractivity contribution in [2.75, 3.05) is 5.32 Å². The Morgan fingerprint density at radius 1 is 1.04 bits per heavy atom. The summed E-state index contributed by atoms with van der Waals surface area (Å²) in [7, 11) is 0. The molecule has 0 atom stereocenters. The minimum Gasteiger partial charge on any atom is -0.352 e. The van der Waals surface area contributed by atoms with Crippen LogP contribution in [0.25, 0.3) is 0 Å². The summed E-state index contributed by atoms with van der Waals surface area (Å²) in [5.41, 5.74) is 2.21. The number of rotatable bonds is 7. The van der Waals surface area contributed by atoms with Gasteiger partial charge < -0.3 is 10.6 Å². The summed E-state index contributed by atoms with van der Waals surface area (Å²) in [6.45, 7) is 0.269. The van der Waals surface area contributed by atoms with E-state index < -0.39 is 5.91 Å². The van der Waals surface area contributed by atoms with Gasteiger partial charge in [-0.25, -0.2) is 4.39 Å². The molecule has 0 aliphatic heterocycles. The molecule has 0 fully saturated rings. The van der Waals surface area contributed by atoms with Crippen LogP contribution in [0.2, 0.25) is 0 Å². The maximum absolute atomic E-state index is 12.8. The molecule has 25 heavy (non-hydrogen) atoms. The van der Waals surface area contributed by atoms with Crippen LogP contribution >= 0.6 is 0 Å². The lowest BCUT2D eigenvalue weighted by atomic mass is 10.1. The fourth-order valence-corrected chi connectivity index (χ4v) is 2.25. The van der Waals surface area contributed by atoms with E-state index in [1.807, 2.05) is 0 Å². The van der Waals surface area contributed by atoms with Gasteiger partial charge in [-0.2, -0.15) is 5.26 Å². The van der Waals surface area contributed by atoms with Crippen molar-refractivity contribution in [3.63, 3.8) is 0 Å². The van der Waals surface area contributed by atoms with E-state index in [4.69, 9.17) is 5.26 Å². The second-order valence-electron chi connectivity index (χ2n) is 5.44. The van der Waals surface area contributed by atoms with Crippen molar-refractivity contribution in [1.82, 2.24) is 5.32 Å². The number of benzene rings is 2. The lowest BCUT2D eigenvalue weighted by Crippen LogP contribution is -2.24. The molecule has 0 aliphatic rings. The molecule has 0 saturated carbocycles. The van der Waals surface area contributed by atoms with Crippen LogP contribution < -0.4 is 10.6 Å². The van der Waals surface area contributed by atoms with Crippen LogP contribution in [0.3, 0.4) is 0 Å². The predicted octanol–water partition coefficient (Wildman–Crippen LogP) is 2.93. The van der Waals surface area contributed by atoms with Gasteiger partial charge in [0.15, 0.2) is 0 Å². The van der Waals surface area contributed by atoms with E-state index in [1.54, 1.807) is 42.5 Å². The summed E-state index contributed by atoms with van der Waals surface area (Å²) < 4.78 is 12.8. The molecule has 0 unspecified atom stereocenters. The number of nitriles is 1. The van der Waals surface area contributed by atoms with Crippen molar-refractivity contribution in [3.8, 4) is 6.07 Å². The molecule has 2 aromatic rings. The molecule has 0 bridgehead atoms. The highest BCUT2D eigenvalue weighted by molar-refractivity contribution is 5.92. The molecule has 2 N–H and O–H groups in total. The van der Waals surface area contributed by atoms with Gasteiger partial charge in [-0.15, -0.1) is 0 Å². The quantitative estimate of drug-likeness (QED) is 0.814. The zero-order chi connectivity index (χ0) is 18.1. The van der Waals surface area contributed by atoms with Crippen LogP contribution in [0.1, 0.15) is 24.0 Å². The Hall–Kier alpha value is -3.20. The summed E-state index contributed by atoms with van der Waals surface area (Å²) in [5.74, 6) is -0.830. The van der Waals surface area contributed by atoms with Crippen molar-refractivity contribution in [3.05, 3.63) is 65.5 Å². The van der Waals surface area contributed by atoms with E-state index in [0.717, 1.165) is 11.1 Å². The van der Waals surface area contributed by atoms with Crippen LogP contribution in [0, 0.1) is 17.1 Å². The molecule has 6 heteroatoms. The molecule has 128 valence electrons. The first-order valence-electron chi connectivity index (χ1n) is 7.84. The topological polar surface area (TPSA) is 82.0 Å². The maximum Gasteiger partial charge on any atom is 0.238 e. The van der Waals surface area contributed by atoms with Gasteiger partial charge in [-0.1, -0.05) is 30.3 Å². The monoisotopic (exact) mass is 339 g/mol. The van der Waals surface area contributed by atoms with Gasteiger partial charge in [0.1, 0.15) is 12.2 Å². The fourth-order valence-electron chi connectivity index (χ4n) is 2.25. The summed E-state index contributed by atoms with van der Waals surface area (Å²) in [5, 5.41) is 14.0. The first-order chi connectivity index (χ1) is 12.1. The van der Waals surface area contributed by atoms with E-state index in [0.29, 0.717) is 12.1 Å². The first kappa shape index (κ1) is 18.1. The van der Waals surface area contributed by atoms with E-state index in [2.05, 4.69) is 10.6 Å². The Labute approximate surface area is 145 Å². The zero-order valence-corrected chi connectivity index (χ0v) is 13.6. The Kier molecular flexibility index (Phi) is 6.66. The highest BCUT2D eigenvalue weighted by Crippen LogP contribution is 2.15. The van der Waals surface area contributed by atoms with Gasteiger partial charge in [-0.05, 0) is 35.7 Å². The van der Waals surface area contributed by atoms with Gasteiger partial charge in [-0.3, -0.25) is 9.59 Å². The SMILES string of the molecule is N#CCC(=O)Nc1ccccc1CNC(=O)CCc1ccc(F)cc1. The maximum atomic E-state index is 12.8. The lowest BCUT2D eigenvalue weighted by molar-refractivity contribution is -0.121. The number of nitrogens with zero attached hydrogens (tertiary/aromatic N) is 1. The first-order valence-corrected chi connectivity index (χ1v) is 7.84. The summed E-state index contributed by atoms with van der Waals surface area (Å²) in [6.07, 6.45) is 0.583. The molecule has 2 rings (SSSR count). The van der Waals surface area contributed by atoms with E-state index >= 15 is 0 Å². The second kappa shape index (κ2) is 9.18. The Morgan fingerprint density at radius 3 is 2.48 bits per heavy atom. The standard InChI is InChI=1S/C19H18FN3O2/c20-16-8-5-14(6-9-16)7-10-18(24)22-13-15-3-1-2-4-17(15)23-19(25)11-12-21/h1-6,8-9H,7,10-11,13H2,(H,22,24)(H,23,25). The largest absolute Gasteiger partial charge is 0.352 e. The number of hydrogen-bond donors (Lipinski definition) is 2. The van der Waals surface area contributed by atoms with E-state index in [9.17, 15) is 14.0 Å². The average molecular weight is 339 g/mol. The second-order valence-corrected chi connectivity index (χ2v) is 5.44. The van der Waals surface area contributed by atoms with E-state index in [-0.39, 0.29) is 31.1 Å². The van der Waals surface area contributed by atoms with E-state index in [1.165, 1.54) is 12.1 Å². The molecule has 2 amide bonds. The highest BCUT2D eigenvalue weighted by atomic mass is 19.1. The molecular weight excluding hydrogens is 321 g/mol. The minimum atomic E-state index is -0.391. The number of para-hydroxylation sites is 1. The Balaban J connectivity index is 1.86. The third kappa shape index (κ3) is 6.07. The molecule has 0 spiro atoms. The number of nitrogens with one attached hydrogen (secondary N) is 2. The summed E-state index contributed by atoms with van der Waals surface area (Å²) >= 11 is 0. The van der Waals surface area contributed by atoms with Crippen molar-refractivity contribution in [1.29, 1.82) is 5.26 Å². The molecule has 2 aromatic carbocycles. The smallest absolute Gasteiger partial charge is 0.238 e. The normalized spacial score (nSPS) is 9.92.